The fraction of sp³-hybridized carbons (Fsp3) is 0.308. The van der Waals surface area contributed by atoms with E-state index >= 15 is 0 Å². The van der Waals surface area contributed by atoms with Crippen LogP contribution in [-0.4, -0.2) is 5.78 Å². The van der Waals surface area contributed by atoms with Crippen LogP contribution in [0.25, 0.3) is 0 Å². The summed E-state index contributed by atoms with van der Waals surface area (Å²) in [6.45, 7) is 0. The van der Waals surface area contributed by atoms with Crippen LogP contribution in [0.15, 0.2) is 30.3 Å². The van der Waals surface area contributed by atoms with Crippen LogP contribution in [0.3, 0.4) is 0 Å². The van der Waals surface area contributed by atoms with Crippen molar-refractivity contribution in [2.24, 2.45) is 5.92 Å². The molecule has 0 amide bonds. The largest absolute Gasteiger partial charge is 0.285 e. The zero-order valence-corrected chi connectivity index (χ0v) is 7.99. The molecule has 0 spiro atoms. The van der Waals surface area contributed by atoms with Gasteiger partial charge in [0.1, 0.15) is 0 Å². The molecule has 0 N–H and O–H groups in total. The highest BCUT2D eigenvalue weighted by atomic mass is 16.1. The lowest BCUT2D eigenvalue weighted by Gasteiger charge is -1.88. The lowest BCUT2D eigenvalue weighted by atomic mass is 10.2. The number of rotatable bonds is 2. The molecular formula is C13H12O. The third-order valence-electron chi connectivity index (χ3n) is 2.29. The Labute approximate surface area is 84.1 Å². The van der Waals surface area contributed by atoms with Gasteiger partial charge < -0.3 is 0 Å². The van der Waals surface area contributed by atoms with Crippen molar-refractivity contribution in [3.63, 3.8) is 0 Å². The zero-order chi connectivity index (χ0) is 9.80. The van der Waals surface area contributed by atoms with Gasteiger partial charge in [0.05, 0.1) is 0 Å². The molecule has 2 rings (SSSR count). The van der Waals surface area contributed by atoms with Crippen molar-refractivity contribution >= 4 is 5.78 Å². The first kappa shape index (κ1) is 9.02. The van der Waals surface area contributed by atoms with Gasteiger partial charge in [-0.2, -0.15) is 0 Å². The van der Waals surface area contributed by atoms with Crippen LogP contribution in [0.4, 0.5) is 0 Å². The lowest BCUT2D eigenvalue weighted by Crippen LogP contribution is -1.93. The van der Waals surface area contributed by atoms with Crippen molar-refractivity contribution in [1.29, 1.82) is 0 Å². The van der Waals surface area contributed by atoms with Crippen LogP contribution < -0.4 is 0 Å². The van der Waals surface area contributed by atoms with Crippen LogP contribution in [0.2, 0.25) is 0 Å². The van der Waals surface area contributed by atoms with Crippen molar-refractivity contribution in [2.75, 3.05) is 0 Å². The van der Waals surface area contributed by atoms with Gasteiger partial charge in [0.25, 0.3) is 0 Å². The molecule has 70 valence electrons. The number of hydrogen-bond donors (Lipinski definition) is 0. The molecular weight excluding hydrogens is 172 g/mol. The third kappa shape index (κ3) is 2.74. The Hall–Kier alpha value is -1.55. The van der Waals surface area contributed by atoms with E-state index in [2.05, 4.69) is 11.8 Å². The van der Waals surface area contributed by atoms with Crippen LogP contribution in [0, 0.1) is 17.8 Å². The Morgan fingerprint density at radius 1 is 1.29 bits per heavy atom. The summed E-state index contributed by atoms with van der Waals surface area (Å²) in [5, 5.41) is 0. The van der Waals surface area contributed by atoms with Gasteiger partial charge >= 0.3 is 0 Å². The molecule has 0 atom stereocenters. The van der Waals surface area contributed by atoms with Crippen molar-refractivity contribution < 1.29 is 4.79 Å². The number of ketones is 1. The molecule has 1 saturated carbocycles. The number of carbonyl (C=O) groups excluding carboxylic acids is 1. The first-order valence-corrected chi connectivity index (χ1v) is 4.94. The summed E-state index contributed by atoms with van der Waals surface area (Å²) in [6.07, 6.45) is 3.07. The Kier molecular flexibility index (Phi) is 2.65. The van der Waals surface area contributed by atoms with Gasteiger partial charge in [0, 0.05) is 12.0 Å². The average molecular weight is 184 g/mol. The van der Waals surface area contributed by atoms with Crippen molar-refractivity contribution in [3.05, 3.63) is 35.9 Å². The number of benzene rings is 1. The third-order valence-corrected chi connectivity index (χ3v) is 2.29. The van der Waals surface area contributed by atoms with Gasteiger partial charge in [-0.05, 0) is 36.8 Å². The minimum Gasteiger partial charge on any atom is -0.285 e. The summed E-state index contributed by atoms with van der Waals surface area (Å²) in [7, 11) is 0. The van der Waals surface area contributed by atoms with Crippen molar-refractivity contribution in [2.45, 2.75) is 19.3 Å². The fourth-order valence-electron chi connectivity index (χ4n) is 1.30. The topological polar surface area (TPSA) is 17.1 Å². The van der Waals surface area contributed by atoms with E-state index in [4.69, 9.17) is 0 Å². The number of hydrogen-bond acceptors (Lipinski definition) is 1. The molecule has 0 heterocycles. The van der Waals surface area contributed by atoms with Crippen LogP contribution in [0.5, 0.6) is 0 Å². The highest BCUT2D eigenvalue weighted by molar-refractivity contribution is 5.96. The monoisotopic (exact) mass is 184 g/mol. The molecule has 0 aliphatic heterocycles. The summed E-state index contributed by atoms with van der Waals surface area (Å²) in [4.78, 5) is 11.3. The molecule has 1 aliphatic rings. The van der Waals surface area contributed by atoms with E-state index in [1.54, 1.807) is 0 Å². The SMILES string of the molecule is O=C(C#Cc1ccccc1)CC1CC1. The summed E-state index contributed by atoms with van der Waals surface area (Å²) in [6, 6.07) is 9.62. The van der Waals surface area contributed by atoms with E-state index < -0.39 is 0 Å². The maximum Gasteiger partial charge on any atom is 0.206 e. The summed E-state index contributed by atoms with van der Waals surface area (Å²) in [5.41, 5.74) is 0.914. The predicted octanol–water partition coefficient (Wildman–Crippen LogP) is 2.41. The molecule has 0 aromatic heterocycles. The molecule has 0 radical (unpaired) electrons. The Balaban J connectivity index is 1.95. The van der Waals surface area contributed by atoms with Gasteiger partial charge in [0.15, 0.2) is 0 Å². The second kappa shape index (κ2) is 4.11. The minimum absolute atomic E-state index is 0.0800. The lowest BCUT2D eigenvalue weighted by molar-refractivity contribution is -0.114. The van der Waals surface area contributed by atoms with Gasteiger partial charge in [-0.25, -0.2) is 0 Å². The molecule has 14 heavy (non-hydrogen) atoms. The smallest absolute Gasteiger partial charge is 0.206 e. The van der Waals surface area contributed by atoms with Crippen LogP contribution in [-0.2, 0) is 4.79 Å². The van der Waals surface area contributed by atoms with Gasteiger partial charge in [-0.15, -0.1) is 0 Å². The molecule has 0 bridgehead atoms. The van der Waals surface area contributed by atoms with E-state index in [-0.39, 0.29) is 5.78 Å². The first-order chi connectivity index (χ1) is 6.84. The van der Waals surface area contributed by atoms with Gasteiger partial charge in [-0.1, -0.05) is 24.1 Å². The second-order valence-electron chi connectivity index (χ2n) is 3.69. The fourth-order valence-corrected chi connectivity index (χ4v) is 1.30. The zero-order valence-electron chi connectivity index (χ0n) is 7.99. The minimum atomic E-state index is 0.0800. The summed E-state index contributed by atoms with van der Waals surface area (Å²) < 4.78 is 0. The molecule has 1 fully saturated rings. The Bertz CT molecular complexity index is 377. The molecule has 1 heteroatoms. The Morgan fingerprint density at radius 3 is 2.64 bits per heavy atom. The van der Waals surface area contributed by atoms with Gasteiger partial charge in [0.2, 0.25) is 5.78 Å². The van der Waals surface area contributed by atoms with E-state index in [0.717, 1.165) is 5.56 Å². The van der Waals surface area contributed by atoms with Gasteiger partial charge in [-0.3, -0.25) is 4.79 Å². The molecule has 1 aromatic rings. The molecule has 1 aromatic carbocycles. The van der Waals surface area contributed by atoms with Crippen molar-refractivity contribution in [1.82, 2.24) is 0 Å². The summed E-state index contributed by atoms with van der Waals surface area (Å²) >= 11 is 0. The highest BCUT2D eigenvalue weighted by Crippen LogP contribution is 2.32. The van der Waals surface area contributed by atoms with E-state index in [9.17, 15) is 4.79 Å². The second-order valence-corrected chi connectivity index (χ2v) is 3.69. The Morgan fingerprint density at radius 2 is 2.00 bits per heavy atom. The molecule has 0 saturated heterocycles. The van der Waals surface area contributed by atoms with Crippen molar-refractivity contribution in [3.8, 4) is 11.8 Å². The van der Waals surface area contributed by atoms with E-state index in [1.807, 2.05) is 30.3 Å². The maximum absolute atomic E-state index is 11.3. The van der Waals surface area contributed by atoms with E-state index in [1.165, 1.54) is 12.8 Å². The number of carbonyl (C=O) groups is 1. The molecule has 1 nitrogen and oxygen atoms in total. The highest BCUT2D eigenvalue weighted by Gasteiger charge is 2.23. The number of Topliss-reactive ketones (excluding diaryl/α,β-unsaturated/α-hetero) is 1. The average Bonchev–Trinajstić information content (AvgIpc) is 3.00. The molecule has 0 unspecified atom stereocenters. The quantitative estimate of drug-likeness (QED) is 0.645. The van der Waals surface area contributed by atoms with E-state index in [0.29, 0.717) is 12.3 Å². The summed E-state index contributed by atoms with van der Waals surface area (Å²) in [5.74, 6) is 6.27. The van der Waals surface area contributed by atoms with Crippen LogP contribution >= 0.6 is 0 Å². The van der Waals surface area contributed by atoms with Crippen LogP contribution in [0.1, 0.15) is 24.8 Å². The first-order valence-electron chi connectivity index (χ1n) is 4.94. The standard InChI is InChI=1S/C13H12O/c14-13(10-12-6-7-12)9-8-11-4-2-1-3-5-11/h1-5,12H,6-7,10H2. The maximum atomic E-state index is 11.3. The molecule has 1 aliphatic carbocycles. The normalized spacial score (nSPS) is 14.3. The predicted molar refractivity (Wildman–Crippen MR) is 55.7 cm³/mol.